The summed E-state index contributed by atoms with van der Waals surface area (Å²) in [6, 6.07) is 5.27. The molecule has 9 nitrogen and oxygen atoms in total. The van der Waals surface area contributed by atoms with Crippen LogP contribution in [0.1, 0.15) is 38.5 Å². The van der Waals surface area contributed by atoms with E-state index < -0.39 is 0 Å². The molecule has 3 heterocycles. The lowest BCUT2D eigenvalue weighted by Gasteiger charge is -2.32. The van der Waals surface area contributed by atoms with E-state index in [0.717, 1.165) is 25.7 Å². The summed E-state index contributed by atoms with van der Waals surface area (Å²) in [5.74, 6) is -0.119. The molecule has 0 aromatic heterocycles. The predicted molar refractivity (Wildman–Crippen MR) is 113 cm³/mol. The number of carbonyl (C=O) groups is 4. The second-order valence-corrected chi connectivity index (χ2v) is 8.97. The standard InChI is InChI=1S/C23H27N3O6/c27-20(12-26-22(29)16-3-1-2-4-17(16)23(26)30)25-9-7-14(8-10-25)21(28)24-15-5-6-18-19(11-15)32-13-31-18/h5-6,11,14,16-17H,1-4,7-10,12-13H2,(H,24,28). The molecule has 4 amide bonds. The Bertz CT molecular complexity index is 931. The molecule has 2 unspecified atom stereocenters. The lowest BCUT2D eigenvalue weighted by Crippen LogP contribution is -2.47. The maximum Gasteiger partial charge on any atom is 0.242 e. The van der Waals surface area contributed by atoms with Crippen molar-refractivity contribution in [3.05, 3.63) is 18.2 Å². The monoisotopic (exact) mass is 441 g/mol. The smallest absolute Gasteiger partial charge is 0.242 e. The van der Waals surface area contributed by atoms with Crippen LogP contribution in [0, 0.1) is 17.8 Å². The lowest BCUT2D eigenvalue weighted by atomic mass is 9.81. The molecule has 0 spiro atoms. The number of anilines is 1. The average Bonchev–Trinajstić information content (AvgIpc) is 3.38. The van der Waals surface area contributed by atoms with Gasteiger partial charge in [-0.25, -0.2) is 0 Å². The first kappa shape index (κ1) is 20.8. The number of rotatable bonds is 4. The van der Waals surface area contributed by atoms with Crippen LogP contribution in [0.5, 0.6) is 11.5 Å². The van der Waals surface area contributed by atoms with E-state index >= 15 is 0 Å². The van der Waals surface area contributed by atoms with Crippen molar-refractivity contribution in [1.29, 1.82) is 0 Å². The summed E-state index contributed by atoms with van der Waals surface area (Å²) in [6.45, 7) is 0.857. The quantitative estimate of drug-likeness (QED) is 0.714. The number of likely N-dealkylation sites (tertiary alicyclic amines) is 2. The lowest BCUT2D eigenvalue weighted by molar-refractivity contribution is -0.147. The highest BCUT2D eigenvalue weighted by molar-refractivity contribution is 6.07. The summed E-state index contributed by atoms with van der Waals surface area (Å²) in [6.07, 6.45) is 4.48. The van der Waals surface area contributed by atoms with Crippen molar-refractivity contribution in [2.75, 3.05) is 31.7 Å². The van der Waals surface area contributed by atoms with Crippen LogP contribution in [0.15, 0.2) is 18.2 Å². The van der Waals surface area contributed by atoms with Crippen LogP contribution >= 0.6 is 0 Å². The molecule has 1 saturated carbocycles. The molecular formula is C23H27N3O6. The van der Waals surface area contributed by atoms with Crippen molar-refractivity contribution in [3.8, 4) is 11.5 Å². The zero-order valence-corrected chi connectivity index (χ0v) is 17.9. The Morgan fingerprint density at radius 3 is 2.28 bits per heavy atom. The maximum atomic E-state index is 12.8. The second-order valence-electron chi connectivity index (χ2n) is 8.97. The van der Waals surface area contributed by atoms with E-state index in [9.17, 15) is 19.2 Å². The Kier molecular flexibility index (Phi) is 5.48. The van der Waals surface area contributed by atoms with Crippen LogP contribution in [0.3, 0.4) is 0 Å². The van der Waals surface area contributed by atoms with E-state index in [1.165, 1.54) is 4.90 Å². The summed E-state index contributed by atoms with van der Waals surface area (Å²) in [7, 11) is 0. The van der Waals surface area contributed by atoms with Gasteiger partial charge < -0.3 is 19.7 Å². The third kappa shape index (κ3) is 3.80. The van der Waals surface area contributed by atoms with Crippen LogP contribution in [0.2, 0.25) is 0 Å². The van der Waals surface area contributed by atoms with Gasteiger partial charge in [0, 0.05) is 30.8 Å². The Morgan fingerprint density at radius 1 is 0.938 bits per heavy atom. The molecule has 3 fully saturated rings. The minimum absolute atomic E-state index is 0.0927. The summed E-state index contributed by atoms with van der Waals surface area (Å²) >= 11 is 0. The molecule has 3 aliphatic heterocycles. The Labute approximate surface area is 186 Å². The molecule has 170 valence electrons. The minimum Gasteiger partial charge on any atom is -0.454 e. The van der Waals surface area contributed by atoms with Gasteiger partial charge in [0.25, 0.3) is 0 Å². The minimum atomic E-state index is -0.241. The summed E-state index contributed by atoms with van der Waals surface area (Å²) in [4.78, 5) is 53.5. The SMILES string of the molecule is O=C(Nc1ccc2c(c1)OCO2)C1CCN(C(=O)CN2C(=O)C3CCCCC3C2=O)CC1. The summed E-state index contributed by atoms with van der Waals surface area (Å²) in [5, 5.41) is 2.91. The van der Waals surface area contributed by atoms with Gasteiger partial charge in [0.05, 0.1) is 11.8 Å². The highest BCUT2D eigenvalue weighted by atomic mass is 16.7. The Hall–Kier alpha value is -3.10. The van der Waals surface area contributed by atoms with Gasteiger partial charge in [-0.2, -0.15) is 0 Å². The third-order valence-electron chi connectivity index (χ3n) is 7.08. The van der Waals surface area contributed by atoms with E-state index in [1.807, 2.05) is 0 Å². The number of hydrogen-bond donors (Lipinski definition) is 1. The molecule has 0 bridgehead atoms. The molecule has 0 radical (unpaired) electrons. The molecule has 2 saturated heterocycles. The van der Waals surface area contributed by atoms with Crippen molar-refractivity contribution in [3.63, 3.8) is 0 Å². The fourth-order valence-corrected chi connectivity index (χ4v) is 5.23. The highest BCUT2D eigenvalue weighted by Crippen LogP contribution is 2.38. The van der Waals surface area contributed by atoms with Crippen LogP contribution in [0.25, 0.3) is 0 Å². The largest absolute Gasteiger partial charge is 0.454 e. The van der Waals surface area contributed by atoms with Crippen LogP contribution < -0.4 is 14.8 Å². The van der Waals surface area contributed by atoms with E-state index in [1.54, 1.807) is 23.1 Å². The molecule has 32 heavy (non-hydrogen) atoms. The predicted octanol–water partition coefficient (Wildman–Crippen LogP) is 1.77. The molecule has 1 aromatic carbocycles. The summed E-state index contributed by atoms with van der Waals surface area (Å²) in [5.41, 5.74) is 0.644. The van der Waals surface area contributed by atoms with E-state index in [2.05, 4.69) is 5.32 Å². The highest BCUT2D eigenvalue weighted by Gasteiger charge is 2.48. The van der Waals surface area contributed by atoms with Crippen LogP contribution in [-0.4, -0.2) is 59.9 Å². The summed E-state index contributed by atoms with van der Waals surface area (Å²) < 4.78 is 10.6. The molecule has 1 N–H and O–H groups in total. The van der Waals surface area contributed by atoms with Crippen molar-refractivity contribution in [2.24, 2.45) is 17.8 Å². The molecule has 1 aromatic rings. The van der Waals surface area contributed by atoms with Gasteiger partial charge in [0.1, 0.15) is 6.54 Å². The Balaban J connectivity index is 1.13. The van der Waals surface area contributed by atoms with Crippen LogP contribution in [0.4, 0.5) is 5.69 Å². The molecule has 4 aliphatic rings. The van der Waals surface area contributed by atoms with Gasteiger partial charge in [-0.1, -0.05) is 12.8 Å². The molecular weight excluding hydrogens is 414 g/mol. The first-order chi connectivity index (χ1) is 15.5. The van der Waals surface area contributed by atoms with Gasteiger partial charge in [-0.05, 0) is 37.8 Å². The maximum absolute atomic E-state index is 12.8. The molecule has 5 rings (SSSR count). The fraction of sp³-hybridized carbons (Fsp3) is 0.565. The van der Waals surface area contributed by atoms with E-state index in [0.29, 0.717) is 43.1 Å². The number of piperidine rings is 1. The van der Waals surface area contributed by atoms with Crippen molar-refractivity contribution < 1.29 is 28.7 Å². The van der Waals surface area contributed by atoms with Gasteiger partial charge in [-0.3, -0.25) is 24.1 Å². The molecule has 2 atom stereocenters. The number of nitrogens with one attached hydrogen (secondary N) is 1. The third-order valence-corrected chi connectivity index (χ3v) is 7.08. The van der Waals surface area contributed by atoms with E-state index in [-0.39, 0.29) is 54.7 Å². The number of amides is 4. The first-order valence-corrected chi connectivity index (χ1v) is 11.3. The zero-order chi connectivity index (χ0) is 22.2. The Morgan fingerprint density at radius 2 is 1.59 bits per heavy atom. The number of imide groups is 1. The van der Waals surface area contributed by atoms with E-state index in [4.69, 9.17) is 9.47 Å². The van der Waals surface area contributed by atoms with Gasteiger partial charge in [-0.15, -0.1) is 0 Å². The van der Waals surface area contributed by atoms with Crippen LogP contribution in [-0.2, 0) is 19.2 Å². The van der Waals surface area contributed by atoms with Crippen molar-refractivity contribution in [2.45, 2.75) is 38.5 Å². The van der Waals surface area contributed by atoms with Gasteiger partial charge in [0.2, 0.25) is 30.4 Å². The fourth-order valence-electron chi connectivity index (χ4n) is 5.23. The first-order valence-electron chi connectivity index (χ1n) is 11.3. The molecule has 9 heteroatoms. The second kappa shape index (κ2) is 8.44. The number of hydrogen-bond acceptors (Lipinski definition) is 6. The zero-order valence-electron chi connectivity index (χ0n) is 17.9. The number of carbonyl (C=O) groups excluding carboxylic acids is 4. The van der Waals surface area contributed by atoms with Crippen molar-refractivity contribution in [1.82, 2.24) is 9.80 Å². The van der Waals surface area contributed by atoms with Gasteiger partial charge >= 0.3 is 0 Å². The average molecular weight is 441 g/mol. The number of ether oxygens (including phenoxy) is 2. The number of benzene rings is 1. The van der Waals surface area contributed by atoms with Crippen molar-refractivity contribution >= 4 is 29.3 Å². The normalized spacial score (nSPS) is 25.1. The topological polar surface area (TPSA) is 105 Å². The molecule has 1 aliphatic carbocycles. The van der Waals surface area contributed by atoms with Gasteiger partial charge in [0.15, 0.2) is 11.5 Å². The number of nitrogens with zero attached hydrogens (tertiary/aromatic N) is 2. The number of fused-ring (bicyclic) bond motifs is 2.